The zero-order valence-corrected chi connectivity index (χ0v) is 17.1. The SMILES string of the molecule is CS(=O)(=O)c1ccc(OCCCC(=O)N[C@]2(C(F)(F)F)CCc3ccccc32)cc1. The van der Waals surface area contributed by atoms with Crippen molar-refractivity contribution in [2.75, 3.05) is 12.9 Å². The van der Waals surface area contributed by atoms with E-state index in [-0.39, 0.29) is 42.7 Å². The second-order valence-electron chi connectivity index (χ2n) is 7.30. The lowest BCUT2D eigenvalue weighted by Crippen LogP contribution is -2.54. The van der Waals surface area contributed by atoms with Gasteiger partial charge in [0.05, 0.1) is 11.5 Å². The summed E-state index contributed by atoms with van der Waals surface area (Å²) >= 11 is 0. The van der Waals surface area contributed by atoms with Gasteiger partial charge in [-0.25, -0.2) is 8.42 Å². The van der Waals surface area contributed by atoms with E-state index >= 15 is 0 Å². The van der Waals surface area contributed by atoms with Crippen LogP contribution in [0.5, 0.6) is 5.75 Å². The fraction of sp³-hybridized carbons (Fsp3) is 0.381. The number of nitrogens with one attached hydrogen (secondary N) is 1. The Hall–Kier alpha value is -2.55. The van der Waals surface area contributed by atoms with Crippen molar-refractivity contribution in [2.45, 2.75) is 42.3 Å². The summed E-state index contributed by atoms with van der Waals surface area (Å²) in [7, 11) is -3.31. The third kappa shape index (κ3) is 4.61. The highest BCUT2D eigenvalue weighted by molar-refractivity contribution is 7.90. The van der Waals surface area contributed by atoms with Gasteiger partial charge in [-0.05, 0) is 54.7 Å². The molecule has 0 bridgehead atoms. The number of fused-ring (bicyclic) bond motifs is 1. The Morgan fingerprint density at radius 1 is 1.13 bits per heavy atom. The maximum Gasteiger partial charge on any atom is 0.415 e. The molecule has 0 saturated carbocycles. The summed E-state index contributed by atoms with van der Waals surface area (Å²) in [4.78, 5) is 12.4. The van der Waals surface area contributed by atoms with E-state index in [1.807, 2.05) is 0 Å². The van der Waals surface area contributed by atoms with Crippen LogP contribution in [0.1, 0.15) is 30.4 Å². The molecule has 1 aliphatic rings. The average molecular weight is 441 g/mol. The van der Waals surface area contributed by atoms with Crippen molar-refractivity contribution >= 4 is 15.7 Å². The van der Waals surface area contributed by atoms with Gasteiger partial charge in [-0.3, -0.25) is 4.79 Å². The molecule has 0 fully saturated rings. The Labute approximate surface area is 173 Å². The van der Waals surface area contributed by atoms with Gasteiger partial charge in [0.25, 0.3) is 0 Å². The van der Waals surface area contributed by atoms with Gasteiger partial charge in [0.1, 0.15) is 5.75 Å². The Balaban J connectivity index is 1.56. The maximum absolute atomic E-state index is 13.9. The number of hydrogen-bond donors (Lipinski definition) is 1. The Kier molecular flexibility index (Phi) is 6.12. The summed E-state index contributed by atoms with van der Waals surface area (Å²) in [5.41, 5.74) is -1.66. The van der Waals surface area contributed by atoms with Gasteiger partial charge >= 0.3 is 6.18 Å². The van der Waals surface area contributed by atoms with Gasteiger partial charge in [-0.2, -0.15) is 13.2 Å². The first-order chi connectivity index (χ1) is 14.0. The van der Waals surface area contributed by atoms with E-state index in [0.29, 0.717) is 11.3 Å². The van der Waals surface area contributed by atoms with Gasteiger partial charge in [0.2, 0.25) is 5.91 Å². The smallest absolute Gasteiger partial charge is 0.415 e. The predicted molar refractivity (Wildman–Crippen MR) is 105 cm³/mol. The molecule has 9 heteroatoms. The quantitative estimate of drug-likeness (QED) is 0.664. The van der Waals surface area contributed by atoms with Crippen LogP contribution in [0.4, 0.5) is 13.2 Å². The number of rotatable bonds is 7. The van der Waals surface area contributed by atoms with Gasteiger partial charge < -0.3 is 10.1 Å². The zero-order valence-electron chi connectivity index (χ0n) is 16.3. The zero-order chi connectivity index (χ0) is 22.0. The Morgan fingerprint density at radius 3 is 2.43 bits per heavy atom. The molecular formula is C21H22F3NO4S. The number of hydrogen-bond acceptors (Lipinski definition) is 4. The highest BCUT2D eigenvalue weighted by Crippen LogP contribution is 2.48. The van der Waals surface area contributed by atoms with Crippen LogP contribution in [0.25, 0.3) is 0 Å². The maximum atomic E-state index is 13.9. The molecule has 1 amide bonds. The summed E-state index contributed by atoms with van der Waals surface area (Å²) in [5.74, 6) is -0.278. The predicted octanol–water partition coefficient (Wildman–Crippen LogP) is 3.77. The minimum Gasteiger partial charge on any atom is -0.494 e. The molecule has 0 aromatic heterocycles. The van der Waals surface area contributed by atoms with Crippen LogP contribution in [0.15, 0.2) is 53.4 Å². The molecule has 1 atom stereocenters. The molecular weight excluding hydrogens is 419 g/mol. The van der Waals surface area contributed by atoms with Crippen LogP contribution in [0.3, 0.4) is 0 Å². The van der Waals surface area contributed by atoms with E-state index < -0.39 is 27.5 Å². The van der Waals surface area contributed by atoms with Gasteiger partial charge in [0.15, 0.2) is 15.4 Å². The standard InChI is InChI=1S/C21H22F3NO4S/c1-30(27,28)17-10-8-16(9-11-17)29-14-4-7-19(26)25-20(21(22,23)24)13-12-15-5-2-3-6-18(15)20/h2-3,5-6,8-11H,4,7,12-14H2,1H3,(H,25,26)/t20-/m1/s1. The van der Waals surface area contributed by atoms with Crippen LogP contribution in [0, 0.1) is 0 Å². The monoisotopic (exact) mass is 441 g/mol. The van der Waals surface area contributed by atoms with Gasteiger partial charge in [0, 0.05) is 12.7 Å². The summed E-state index contributed by atoms with van der Waals surface area (Å²) in [6, 6.07) is 12.1. The lowest BCUT2D eigenvalue weighted by atomic mass is 9.90. The third-order valence-corrected chi connectivity index (χ3v) is 6.28. The molecule has 0 heterocycles. The van der Waals surface area contributed by atoms with Gasteiger partial charge in [-0.15, -0.1) is 0 Å². The van der Waals surface area contributed by atoms with E-state index in [1.165, 1.54) is 30.3 Å². The van der Waals surface area contributed by atoms with Gasteiger partial charge in [-0.1, -0.05) is 24.3 Å². The third-order valence-electron chi connectivity index (χ3n) is 5.15. The van der Waals surface area contributed by atoms with Crippen molar-refractivity contribution < 1.29 is 31.1 Å². The normalized spacial score (nSPS) is 18.7. The molecule has 1 aliphatic carbocycles. The summed E-state index contributed by atoms with van der Waals surface area (Å²) in [6.07, 6.45) is -3.38. The molecule has 0 aliphatic heterocycles. The highest BCUT2D eigenvalue weighted by Gasteiger charge is 2.59. The van der Waals surface area contributed by atoms with Crippen molar-refractivity contribution in [3.63, 3.8) is 0 Å². The van der Waals surface area contributed by atoms with Crippen LogP contribution in [-0.2, 0) is 26.6 Å². The summed E-state index contributed by atoms with van der Waals surface area (Å²) < 4.78 is 70.0. The highest BCUT2D eigenvalue weighted by atomic mass is 32.2. The van der Waals surface area contributed by atoms with Crippen molar-refractivity contribution in [3.8, 4) is 5.75 Å². The average Bonchev–Trinajstić information content (AvgIpc) is 3.05. The van der Waals surface area contributed by atoms with Crippen LogP contribution < -0.4 is 10.1 Å². The molecule has 30 heavy (non-hydrogen) atoms. The Morgan fingerprint density at radius 2 is 1.80 bits per heavy atom. The van der Waals surface area contributed by atoms with E-state index in [2.05, 4.69) is 5.32 Å². The van der Waals surface area contributed by atoms with Crippen molar-refractivity contribution in [2.24, 2.45) is 0 Å². The molecule has 2 aromatic carbocycles. The summed E-state index contributed by atoms with van der Waals surface area (Å²) in [6.45, 7) is 0.112. The van der Waals surface area contributed by atoms with E-state index in [1.54, 1.807) is 18.2 Å². The number of alkyl halides is 3. The molecule has 1 N–H and O–H groups in total. The van der Waals surface area contributed by atoms with E-state index in [0.717, 1.165) is 6.26 Å². The molecule has 0 saturated heterocycles. The summed E-state index contributed by atoms with van der Waals surface area (Å²) in [5, 5.41) is 2.23. The number of ether oxygens (including phenoxy) is 1. The minimum atomic E-state index is -4.60. The first kappa shape index (κ1) is 22.1. The number of benzene rings is 2. The lowest BCUT2D eigenvalue weighted by Gasteiger charge is -2.34. The molecule has 0 unspecified atom stereocenters. The number of carbonyl (C=O) groups is 1. The second-order valence-corrected chi connectivity index (χ2v) is 9.32. The van der Waals surface area contributed by atoms with Crippen molar-refractivity contribution in [1.29, 1.82) is 0 Å². The first-order valence-corrected chi connectivity index (χ1v) is 11.3. The fourth-order valence-corrected chi connectivity index (χ4v) is 4.24. The number of aryl methyl sites for hydroxylation is 1. The number of halogens is 3. The largest absolute Gasteiger partial charge is 0.494 e. The number of sulfone groups is 1. The van der Waals surface area contributed by atoms with Crippen molar-refractivity contribution in [1.82, 2.24) is 5.32 Å². The first-order valence-electron chi connectivity index (χ1n) is 9.42. The molecule has 2 aromatic rings. The lowest BCUT2D eigenvalue weighted by molar-refractivity contribution is -0.202. The minimum absolute atomic E-state index is 0.105. The van der Waals surface area contributed by atoms with Crippen LogP contribution in [0.2, 0.25) is 0 Å². The van der Waals surface area contributed by atoms with Crippen LogP contribution in [-0.4, -0.2) is 33.4 Å². The van der Waals surface area contributed by atoms with Crippen LogP contribution >= 0.6 is 0 Å². The molecule has 162 valence electrons. The van der Waals surface area contributed by atoms with E-state index in [4.69, 9.17) is 4.74 Å². The number of amides is 1. The fourth-order valence-electron chi connectivity index (χ4n) is 3.61. The molecule has 0 spiro atoms. The van der Waals surface area contributed by atoms with E-state index in [9.17, 15) is 26.4 Å². The topological polar surface area (TPSA) is 72.5 Å². The van der Waals surface area contributed by atoms with Crippen molar-refractivity contribution in [3.05, 3.63) is 59.7 Å². The Bertz CT molecular complexity index is 1020. The molecule has 0 radical (unpaired) electrons. The second kappa shape index (κ2) is 8.29. The number of carbonyl (C=O) groups excluding carboxylic acids is 1. The molecule has 3 rings (SSSR count). The molecule has 5 nitrogen and oxygen atoms in total.